The van der Waals surface area contributed by atoms with Gasteiger partial charge in [0.1, 0.15) is 5.75 Å². The van der Waals surface area contributed by atoms with Gasteiger partial charge >= 0.3 is 5.97 Å². The molecule has 4 nitrogen and oxygen atoms in total. The van der Waals surface area contributed by atoms with Crippen molar-refractivity contribution in [3.05, 3.63) is 77.0 Å². The molecule has 4 heteroatoms. The van der Waals surface area contributed by atoms with Gasteiger partial charge in [0, 0.05) is 30.0 Å². The highest BCUT2D eigenvalue weighted by atomic mass is 16.5. The Morgan fingerprint density at radius 3 is 2.73 bits per heavy atom. The van der Waals surface area contributed by atoms with Gasteiger partial charge in [0.15, 0.2) is 5.72 Å². The lowest BCUT2D eigenvalue weighted by atomic mass is 9.78. The second kappa shape index (κ2) is 6.52. The maximum atomic E-state index is 12.9. The first-order chi connectivity index (χ1) is 12.6. The number of carbonyl (C=O) groups excluding carboxylic acids is 1. The molecule has 0 aliphatic carbocycles. The first-order valence-electron chi connectivity index (χ1n) is 9.04. The zero-order valence-electron chi connectivity index (χ0n) is 15.1. The molecule has 0 amide bonds. The van der Waals surface area contributed by atoms with Crippen LogP contribution in [-0.4, -0.2) is 18.3 Å². The van der Waals surface area contributed by atoms with Gasteiger partial charge in [-0.05, 0) is 25.5 Å². The molecule has 1 N–H and O–H groups in total. The highest BCUT2D eigenvalue weighted by molar-refractivity contribution is 5.91. The van der Waals surface area contributed by atoms with Crippen LogP contribution in [-0.2, 0) is 16.0 Å². The van der Waals surface area contributed by atoms with Crippen molar-refractivity contribution < 1.29 is 14.3 Å². The Morgan fingerprint density at radius 2 is 1.92 bits per heavy atom. The number of benzene rings is 2. The highest BCUT2D eigenvalue weighted by Crippen LogP contribution is 2.47. The van der Waals surface area contributed by atoms with Gasteiger partial charge in [-0.15, -0.1) is 0 Å². The third-order valence-electron chi connectivity index (χ3n) is 5.11. The lowest BCUT2D eigenvalue weighted by Crippen LogP contribution is -2.54. The summed E-state index contributed by atoms with van der Waals surface area (Å²) < 4.78 is 11.7. The van der Waals surface area contributed by atoms with Crippen LogP contribution in [0.4, 0.5) is 0 Å². The minimum absolute atomic E-state index is 0.00424. The molecular formula is C22H23NO3. The van der Waals surface area contributed by atoms with E-state index in [0.717, 1.165) is 22.6 Å². The lowest BCUT2D eigenvalue weighted by Gasteiger charge is -2.45. The average Bonchev–Trinajstić information content (AvgIpc) is 2.61. The molecule has 2 atom stereocenters. The number of carbonyl (C=O) groups is 1. The molecule has 0 spiro atoms. The van der Waals surface area contributed by atoms with Crippen molar-refractivity contribution in [2.75, 3.05) is 6.61 Å². The van der Waals surface area contributed by atoms with Gasteiger partial charge < -0.3 is 14.8 Å². The number of hydrogen-bond donors (Lipinski definition) is 1. The summed E-state index contributed by atoms with van der Waals surface area (Å²) in [6.45, 7) is 4.33. The van der Waals surface area contributed by atoms with Gasteiger partial charge in [0.25, 0.3) is 0 Å². The van der Waals surface area contributed by atoms with Crippen molar-refractivity contribution in [1.29, 1.82) is 0 Å². The number of rotatable bonds is 4. The molecule has 2 aromatic rings. The largest absolute Gasteiger partial charge is 0.468 e. The normalized spacial score (nSPS) is 23.5. The molecule has 0 unspecified atom stereocenters. The number of para-hydroxylation sites is 1. The Bertz CT molecular complexity index is 859. The van der Waals surface area contributed by atoms with Gasteiger partial charge in [-0.2, -0.15) is 0 Å². The van der Waals surface area contributed by atoms with E-state index < -0.39 is 5.72 Å². The van der Waals surface area contributed by atoms with Gasteiger partial charge in [-0.1, -0.05) is 48.5 Å². The van der Waals surface area contributed by atoms with Crippen LogP contribution in [0.3, 0.4) is 0 Å². The van der Waals surface area contributed by atoms with Crippen LogP contribution in [0, 0.1) is 0 Å². The summed E-state index contributed by atoms with van der Waals surface area (Å²) in [7, 11) is 0. The van der Waals surface area contributed by atoms with E-state index in [2.05, 4.69) is 5.32 Å². The minimum Gasteiger partial charge on any atom is -0.468 e. The van der Waals surface area contributed by atoms with Crippen molar-refractivity contribution in [3.8, 4) is 5.75 Å². The van der Waals surface area contributed by atoms with Crippen molar-refractivity contribution in [3.63, 3.8) is 0 Å². The number of nitrogens with one attached hydrogen (secondary N) is 1. The SMILES string of the molecule is CC1=C(C(=O)OCCc2ccccc2)[C@H]2C[C@@](C)(N1)Oc1ccccc12. The summed E-state index contributed by atoms with van der Waals surface area (Å²) in [6, 6.07) is 18.0. The number of esters is 1. The summed E-state index contributed by atoms with van der Waals surface area (Å²) in [6.07, 6.45) is 1.43. The summed E-state index contributed by atoms with van der Waals surface area (Å²) >= 11 is 0. The van der Waals surface area contributed by atoms with E-state index in [9.17, 15) is 4.79 Å². The van der Waals surface area contributed by atoms with Crippen molar-refractivity contribution in [1.82, 2.24) is 5.32 Å². The molecular weight excluding hydrogens is 326 g/mol. The molecule has 2 aliphatic heterocycles. The zero-order chi connectivity index (χ0) is 18.1. The molecule has 0 radical (unpaired) electrons. The summed E-state index contributed by atoms with van der Waals surface area (Å²) in [5.74, 6) is 0.589. The zero-order valence-corrected chi connectivity index (χ0v) is 15.1. The molecule has 2 aromatic carbocycles. The predicted octanol–water partition coefficient (Wildman–Crippen LogP) is 3.93. The summed E-state index contributed by atoms with van der Waals surface area (Å²) in [4.78, 5) is 12.9. The van der Waals surface area contributed by atoms with Crippen molar-refractivity contribution >= 4 is 5.97 Å². The second-order valence-corrected chi connectivity index (χ2v) is 7.16. The topological polar surface area (TPSA) is 47.6 Å². The molecule has 2 heterocycles. The Kier molecular flexibility index (Phi) is 4.19. The third kappa shape index (κ3) is 3.07. The van der Waals surface area contributed by atoms with Gasteiger partial charge in [0.2, 0.25) is 0 Å². The number of allylic oxidation sites excluding steroid dienone is 1. The maximum absolute atomic E-state index is 12.9. The van der Waals surface area contributed by atoms with Crippen LogP contribution < -0.4 is 10.1 Å². The Labute approximate surface area is 153 Å². The van der Waals surface area contributed by atoms with E-state index in [1.54, 1.807) is 0 Å². The third-order valence-corrected chi connectivity index (χ3v) is 5.11. The molecule has 0 aromatic heterocycles. The lowest BCUT2D eigenvalue weighted by molar-refractivity contribution is -0.140. The Balaban J connectivity index is 1.54. The smallest absolute Gasteiger partial charge is 0.336 e. The van der Waals surface area contributed by atoms with Gasteiger partial charge in [-0.25, -0.2) is 4.79 Å². The number of fused-ring (bicyclic) bond motifs is 4. The molecule has 0 saturated carbocycles. The fourth-order valence-electron chi connectivity index (χ4n) is 3.98. The second-order valence-electron chi connectivity index (χ2n) is 7.16. The maximum Gasteiger partial charge on any atom is 0.336 e. The highest BCUT2D eigenvalue weighted by Gasteiger charge is 2.45. The summed E-state index contributed by atoms with van der Waals surface area (Å²) in [5, 5.41) is 3.36. The fraction of sp³-hybridized carbons (Fsp3) is 0.318. The molecule has 0 saturated heterocycles. The molecule has 0 fully saturated rings. The van der Waals surface area contributed by atoms with Crippen molar-refractivity contribution in [2.45, 2.75) is 38.3 Å². The first-order valence-corrected chi connectivity index (χ1v) is 9.04. The van der Waals surface area contributed by atoms with Crippen LogP contribution in [0.15, 0.2) is 65.9 Å². The predicted molar refractivity (Wildman–Crippen MR) is 99.8 cm³/mol. The first kappa shape index (κ1) is 16.7. The van der Waals surface area contributed by atoms with E-state index in [4.69, 9.17) is 9.47 Å². The van der Waals surface area contributed by atoms with Crippen LogP contribution in [0.2, 0.25) is 0 Å². The van der Waals surface area contributed by atoms with E-state index >= 15 is 0 Å². The monoisotopic (exact) mass is 349 g/mol. The summed E-state index contributed by atoms with van der Waals surface area (Å²) in [5.41, 5.74) is 3.28. The molecule has 2 bridgehead atoms. The van der Waals surface area contributed by atoms with Crippen LogP contribution in [0.1, 0.15) is 37.3 Å². The van der Waals surface area contributed by atoms with Crippen LogP contribution >= 0.6 is 0 Å². The minimum atomic E-state index is -0.489. The van der Waals surface area contributed by atoms with Crippen LogP contribution in [0.25, 0.3) is 0 Å². The molecule has 134 valence electrons. The van der Waals surface area contributed by atoms with Crippen molar-refractivity contribution in [2.24, 2.45) is 0 Å². The van der Waals surface area contributed by atoms with E-state index in [1.807, 2.05) is 68.4 Å². The van der Waals surface area contributed by atoms with E-state index in [-0.39, 0.29) is 11.9 Å². The Morgan fingerprint density at radius 1 is 1.19 bits per heavy atom. The standard InChI is InChI=1S/C22H23NO3/c1-15-20(21(24)25-13-12-16-8-4-3-5-9-16)18-14-22(2,23-15)26-19-11-7-6-10-17(18)19/h3-11,18,23H,12-14H2,1-2H3/t18-,22-/m0/s1. The average molecular weight is 349 g/mol. The van der Waals surface area contributed by atoms with E-state index in [0.29, 0.717) is 25.0 Å². The van der Waals surface area contributed by atoms with Gasteiger partial charge in [0.05, 0.1) is 12.2 Å². The quantitative estimate of drug-likeness (QED) is 0.850. The molecule has 4 rings (SSSR count). The van der Waals surface area contributed by atoms with Crippen LogP contribution in [0.5, 0.6) is 5.75 Å². The van der Waals surface area contributed by atoms with Gasteiger partial charge in [-0.3, -0.25) is 0 Å². The number of ether oxygens (including phenoxy) is 2. The fourth-order valence-corrected chi connectivity index (χ4v) is 3.98. The number of hydrogen-bond acceptors (Lipinski definition) is 4. The molecule has 26 heavy (non-hydrogen) atoms. The Hall–Kier alpha value is -2.75. The van der Waals surface area contributed by atoms with E-state index in [1.165, 1.54) is 0 Å². The molecule has 2 aliphatic rings.